The lowest BCUT2D eigenvalue weighted by atomic mass is 10.1. The van der Waals surface area contributed by atoms with Crippen LogP contribution in [-0.2, 0) is 18.3 Å². The van der Waals surface area contributed by atoms with Crippen molar-refractivity contribution in [1.82, 2.24) is 14.9 Å². The number of anilines is 2. The van der Waals surface area contributed by atoms with Crippen LogP contribution < -0.4 is 19.3 Å². The Hall–Kier alpha value is -4.16. The second-order valence-electron chi connectivity index (χ2n) is 11.0. The minimum absolute atomic E-state index is 0.113. The fourth-order valence-corrected chi connectivity index (χ4v) is 6.29. The molecule has 248 valence electrons. The Bertz CT molecular complexity index is 1700. The lowest BCUT2D eigenvalue weighted by Crippen LogP contribution is -2.48. The van der Waals surface area contributed by atoms with Crippen molar-refractivity contribution in [3.63, 3.8) is 0 Å². The number of nitrogens with zero attached hydrogens (tertiary/aromatic N) is 5. The van der Waals surface area contributed by atoms with Crippen molar-refractivity contribution >= 4 is 40.8 Å². The summed E-state index contributed by atoms with van der Waals surface area (Å²) in [5.74, 6) is 2.47. The van der Waals surface area contributed by atoms with Crippen LogP contribution in [0.5, 0.6) is 11.5 Å². The number of piperazine rings is 1. The number of thioether (sulfide) groups is 1. The number of rotatable bonds is 11. The number of alkyl halides is 3. The standard InChI is InChI=1S/C34H35ClF3N5O3S/c1-41(13-12-23-10-11-28(45-2)29(19-23)46-3)31-21-30(35)39-33(40-31)47-22-24-6-4-7-25(18-24)32(44)43-16-14-42(15-17-43)27-9-5-8-26(20-27)34(36,37)38/h4-11,18-21H,12-17,22H2,1-3H3. The molecule has 0 unspecified atom stereocenters. The fourth-order valence-electron chi connectivity index (χ4n) is 5.26. The maximum absolute atomic E-state index is 13.3. The van der Waals surface area contributed by atoms with Gasteiger partial charge in [0.2, 0.25) is 0 Å². The molecule has 1 fully saturated rings. The molecule has 0 radical (unpaired) electrons. The van der Waals surface area contributed by atoms with Gasteiger partial charge in [0.1, 0.15) is 11.0 Å². The number of likely N-dealkylation sites (N-methyl/N-ethyl adjacent to an activating group) is 1. The van der Waals surface area contributed by atoms with Gasteiger partial charge in [0, 0.05) is 62.8 Å². The van der Waals surface area contributed by atoms with Crippen molar-refractivity contribution in [2.45, 2.75) is 23.5 Å². The topological polar surface area (TPSA) is 71.0 Å². The summed E-state index contributed by atoms with van der Waals surface area (Å²) < 4.78 is 50.2. The third-order valence-corrected chi connectivity index (χ3v) is 9.00. The first-order chi connectivity index (χ1) is 22.5. The summed E-state index contributed by atoms with van der Waals surface area (Å²) in [6, 6.07) is 20.3. The van der Waals surface area contributed by atoms with E-state index < -0.39 is 11.7 Å². The smallest absolute Gasteiger partial charge is 0.416 e. The molecule has 0 bridgehead atoms. The van der Waals surface area contributed by atoms with E-state index in [1.165, 1.54) is 17.8 Å². The van der Waals surface area contributed by atoms with Crippen LogP contribution in [0.4, 0.5) is 24.7 Å². The van der Waals surface area contributed by atoms with Gasteiger partial charge in [0.05, 0.1) is 19.8 Å². The van der Waals surface area contributed by atoms with E-state index in [0.29, 0.717) is 77.4 Å². The zero-order chi connectivity index (χ0) is 33.6. The summed E-state index contributed by atoms with van der Waals surface area (Å²) in [6.07, 6.45) is -3.65. The van der Waals surface area contributed by atoms with Crippen LogP contribution in [0.2, 0.25) is 5.15 Å². The average Bonchev–Trinajstić information content (AvgIpc) is 3.08. The summed E-state index contributed by atoms with van der Waals surface area (Å²) in [5.41, 5.74) is 2.40. The molecule has 1 aromatic heterocycles. The Morgan fingerprint density at radius 2 is 1.66 bits per heavy atom. The first-order valence-electron chi connectivity index (χ1n) is 14.9. The number of amides is 1. The van der Waals surface area contributed by atoms with E-state index in [1.807, 2.05) is 53.2 Å². The first kappa shape index (κ1) is 34.2. The predicted octanol–water partition coefficient (Wildman–Crippen LogP) is 7.10. The highest BCUT2D eigenvalue weighted by atomic mass is 35.5. The molecule has 2 heterocycles. The third kappa shape index (κ3) is 8.81. The number of carbonyl (C=O) groups is 1. The molecular weight excluding hydrogens is 651 g/mol. The van der Waals surface area contributed by atoms with E-state index in [1.54, 1.807) is 37.3 Å². The summed E-state index contributed by atoms with van der Waals surface area (Å²) >= 11 is 7.79. The molecule has 8 nitrogen and oxygen atoms in total. The Balaban J connectivity index is 1.16. The van der Waals surface area contributed by atoms with Crippen molar-refractivity contribution in [3.05, 3.63) is 100 Å². The van der Waals surface area contributed by atoms with Crippen LogP contribution in [0, 0.1) is 0 Å². The van der Waals surface area contributed by atoms with Gasteiger partial charge in [0.25, 0.3) is 5.91 Å². The highest BCUT2D eigenvalue weighted by molar-refractivity contribution is 7.98. The zero-order valence-corrected chi connectivity index (χ0v) is 27.8. The number of hydrogen-bond donors (Lipinski definition) is 0. The largest absolute Gasteiger partial charge is 0.493 e. The molecule has 1 saturated heterocycles. The maximum atomic E-state index is 13.3. The SMILES string of the molecule is COc1ccc(CCN(C)c2cc(Cl)nc(SCc3cccc(C(=O)N4CCN(c5cccc(C(F)(F)F)c5)CC4)c3)n2)cc1OC. The highest BCUT2D eigenvalue weighted by Gasteiger charge is 2.31. The Morgan fingerprint density at radius 3 is 2.38 bits per heavy atom. The number of aromatic nitrogens is 2. The molecule has 0 spiro atoms. The van der Waals surface area contributed by atoms with Crippen molar-refractivity contribution in [2.24, 2.45) is 0 Å². The highest BCUT2D eigenvalue weighted by Crippen LogP contribution is 2.32. The molecule has 5 rings (SSSR count). The van der Waals surface area contributed by atoms with Gasteiger partial charge in [-0.15, -0.1) is 0 Å². The number of carbonyl (C=O) groups excluding carboxylic acids is 1. The minimum atomic E-state index is -4.40. The second-order valence-corrected chi connectivity index (χ2v) is 12.3. The number of benzene rings is 3. The van der Waals surface area contributed by atoms with Crippen LogP contribution in [0.3, 0.4) is 0 Å². The predicted molar refractivity (Wildman–Crippen MR) is 179 cm³/mol. The fraction of sp³-hybridized carbons (Fsp3) is 0.324. The first-order valence-corrected chi connectivity index (χ1v) is 16.3. The molecule has 0 saturated carbocycles. The Morgan fingerprint density at radius 1 is 0.915 bits per heavy atom. The van der Waals surface area contributed by atoms with Gasteiger partial charge in [-0.25, -0.2) is 9.97 Å². The third-order valence-electron chi connectivity index (χ3n) is 7.88. The Kier molecular flexibility index (Phi) is 11.0. The van der Waals surface area contributed by atoms with Crippen LogP contribution in [-0.4, -0.2) is 74.8 Å². The van der Waals surface area contributed by atoms with Gasteiger partial charge in [-0.1, -0.05) is 47.6 Å². The number of methoxy groups -OCH3 is 2. The minimum Gasteiger partial charge on any atom is -0.493 e. The zero-order valence-electron chi connectivity index (χ0n) is 26.3. The summed E-state index contributed by atoms with van der Waals surface area (Å²) in [4.78, 5) is 28.1. The molecular formula is C34H35ClF3N5O3S. The van der Waals surface area contributed by atoms with Crippen LogP contribution in [0.15, 0.2) is 78.0 Å². The maximum Gasteiger partial charge on any atom is 0.416 e. The van der Waals surface area contributed by atoms with Crippen molar-refractivity contribution in [3.8, 4) is 11.5 Å². The van der Waals surface area contributed by atoms with E-state index in [9.17, 15) is 18.0 Å². The van der Waals surface area contributed by atoms with Crippen molar-refractivity contribution < 1.29 is 27.4 Å². The summed E-state index contributed by atoms with van der Waals surface area (Å²) in [6.45, 7) is 2.39. The van der Waals surface area contributed by atoms with E-state index in [-0.39, 0.29) is 5.91 Å². The van der Waals surface area contributed by atoms with E-state index >= 15 is 0 Å². The van der Waals surface area contributed by atoms with Gasteiger partial charge >= 0.3 is 6.18 Å². The summed E-state index contributed by atoms with van der Waals surface area (Å²) in [7, 11) is 5.17. The molecule has 1 aliphatic heterocycles. The van der Waals surface area contributed by atoms with Crippen molar-refractivity contribution in [1.29, 1.82) is 0 Å². The number of hydrogen-bond acceptors (Lipinski definition) is 8. The molecule has 47 heavy (non-hydrogen) atoms. The molecule has 1 aliphatic rings. The van der Waals surface area contributed by atoms with Crippen LogP contribution in [0.1, 0.15) is 27.0 Å². The average molecular weight is 686 g/mol. The molecule has 3 aromatic carbocycles. The van der Waals surface area contributed by atoms with E-state index in [0.717, 1.165) is 29.7 Å². The lowest BCUT2D eigenvalue weighted by molar-refractivity contribution is -0.137. The number of halogens is 4. The quantitative estimate of drug-likeness (QED) is 0.0941. The van der Waals surface area contributed by atoms with Gasteiger partial charge in [-0.2, -0.15) is 13.2 Å². The molecule has 4 aromatic rings. The number of ether oxygens (including phenoxy) is 2. The second kappa shape index (κ2) is 15.2. The van der Waals surface area contributed by atoms with Gasteiger partial charge in [0.15, 0.2) is 16.7 Å². The van der Waals surface area contributed by atoms with Crippen LogP contribution in [0.25, 0.3) is 0 Å². The van der Waals surface area contributed by atoms with Gasteiger partial charge in [-0.05, 0) is 60.0 Å². The van der Waals surface area contributed by atoms with Gasteiger partial charge < -0.3 is 24.2 Å². The van der Waals surface area contributed by atoms with E-state index in [4.69, 9.17) is 26.1 Å². The van der Waals surface area contributed by atoms with Crippen molar-refractivity contribution in [2.75, 3.05) is 63.8 Å². The van der Waals surface area contributed by atoms with E-state index in [2.05, 4.69) is 4.98 Å². The molecule has 0 atom stereocenters. The Labute approximate surface area is 281 Å². The van der Waals surface area contributed by atoms with Crippen LogP contribution >= 0.6 is 23.4 Å². The lowest BCUT2D eigenvalue weighted by Gasteiger charge is -2.36. The summed E-state index contributed by atoms with van der Waals surface area (Å²) in [5, 5.41) is 0.858. The molecule has 0 N–H and O–H groups in total. The molecule has 1 amide bonds. The molecule has 0 aliphatic carbocycles. The normalized spacial score (nSPS) is 13.4. The van der Waals surface area contributed by atoms with Gasteiger partial charge in [-0.3, -0.25) is 4.79 Å². The monoisotopic (exact) mass is 685 g/mol. The molecule has 13 heteroatoms.